The molecule has 1 atom stereocenters. The summed E-state index contributed by atoms with van der Waals surface area (Å²) in [4.78, 5) is 0.483. The molecule has 1 heteroatoms. The topological polar surface area (TPSA) is 0 Å². The number of alkyl halides is 1. The number of hydrogen-bond acceptors (Lipinski definition) is 0. The summed E-state index contributed by atoms with van der Waals surface area (Å²) in [5.74, 6) is 0. The van der Waals surface area contributed by atoms with Gasteiger partial charge in [0.25, 0.3) is 0 Å². The summed E-state index contributed by atoms with van der Waals surface area (Å²) in [6.45, 7) is 4.30. The van der Waals surface area contributed by atoms with Gasteiger partial charge < -0.3 is 0 Å². The summed E-state index contributed by atoms with van der Waals surface area (Å²) in [7, 11) is 0. The molecule has 0 saturated carbocycles. The molecule has 1 aromatic rings. The van der Waals surface area contributed by atoms with Gasteiger partial charge in [-0.1, -0.05) is 57.9 Å². The maximum Gasteiger partial charge on any atom is 0.0323 e. The molecule has 0 aliphatic rings. The molecule has 1 rings (SSSR count). The Morgan fingerprint density at radius 1 is 1.38 bits per heavy atom. The first-order chi connectivity index (χ1) is 6.20. The van der Waals surface area contributed by atoms with Crippen molar-refractivity contribution in [3.05, 3.63) is 47.5 Å². The van der Waals surface area contributed by atoms with Gasteiger partial charge in [0.2, 0.25) is 0 Å². The average Bonchev–Trinajstić information content (AvgIpc) is 2.15. The normalized spacial score (nSPS) is 14.2. The lowest BCUT2D eigenvalue weighted by Gasteiger charge is -2.02. The second-order valence-corrected chi connectivity index (χ2v) is 4.63. The lowest BCUT2D eigenvalue weighted by molar-refractivity contribution is 1.10. The lowest BCUT2D eigenvalue weighted by Crippen LogP contribution is -1.92. The molecule has 70 valence electrons. The minimum absolute atomic E-state index is 0.483. The largest absolute Gasteiger partial charge is 0.0846 e. The van der Waals surface area contributed by atoms with Crippen molar-refractivity contribution in [1.29, 1.82) is 0 Å². The summed E-state index contributed by atoms with van der Waals surface area (Å²) in [5.41, 5.74) is 2.76. The molecular formula is C12H15Br. The highest BCUT2D eigenvalue weighted by atomic mass is 79.9. The fourth-order valence-electron chi connectivity index (χ4n) is 1.06. The van der Waals surface area contributed by atoms with Crippen molar-refractivity contribution in [3.63, 3.8) is 0 Å². The summed E-state index contributed by atoms with van der Waals surface area (Å²) < 4.78 is 0. The van der Waals surface area contributed by atoms with Crippen molar-refractivity contribution >= 4 is 15.9 Å². The van der Waals surface area contributed by atoms with Gasteiger partial charge in [0.05, 0.1) is 0 Å². The van der Waals surface area contributed by atoms with Crippen LogP contribution in [0.1, 0.15) is 19.4 Å². The van der Waals surface area contributed by atoms with E-state index < -0.39 is 0 Å². The van der Waals surface area contributed by atoms with Crippen molar-refractivity contribution in [1.82, 2.24) is 0 Å². The first-order valence-electron chi connectivity index (χ1n) is 4.55. The highest BCUT2D eigenvalue weighted by Crippen LogP contribution is 2.11. The molecule has 0 N–H and O–H groups in total. The molecule has 13 heavy (non-hydrogen) atoms. The molecule has 0 aromatic heterocycles. The van der Waals surface area contributed by atoms with Crippen LogP contribution >= 0.6 is 15.9 Å². The van der Waals surface area contributed by atoms with Crippen LogP contribution in [0.5, 0.6) is 0 Å². The fraction of sp³-hybridized carbons (Fsp3) is 0.333. The molecule has 0 aliphatic carbocycles. The summed E-state index contributed by atoms with van der Waals surface area (Å²) in [5, 5.41) is 0. The van der Waals surface area contributed by atoms with E-state index in [1.807, 2.05) is 6.07 Å². The Morgan fingerprint density at radius 3 is 2.54 bits per heavy atom. The molecule has 0 aliphatic heterocycles. The molecule has 0 spiro atoms. The van der Waals surface area contributed by atoms with E-state index in [1.165, 1.54) is 11.1 Å². The molecule has 0 nitrogen and oxygen atoms in total. The van der Waals surface area contributed by atoms with E-state index in [2.05, 4.69) is 60.1 Å². The smallest absolute Gasteiger partial charge is 0.0323 e. The van der Waals surface area contributed by atoms with Gasteiger partial charge in [-0.25, -0.2) is 0 Å². The predicted molar refractivity (Wildman–Crippen MR) is 62.3 cm³/mol. The second kappa shape index (κ2) is 5.23. The maximum absolute atomic E-state index is 3.55. The number of benzene rings is 1. The van der Waals surface area contributed by atoms with Crippen LogP contribution in [0.2, 0.25) is 0 Å². The molecule has 0 radical (unpaired) electrons. The van der Waals surface area contributed by atoms with Crippen molar-refractivity contribution < 1.29 is 0 Å². The van der Waals surface area contributed by atoms with Crippen molar-refractivity contribution in [2.24, 2.45) is 0 Å². The second-order valence-electron chi connectivity index (χ2n) is 3.25. The Kier molecular flexibility index (Phi) is 4.23. The van der Waals surface area contributed by atoms with E-state index >= 15 is 0 Å². The first kappa shape index (κ1) is 10.5. The molecule has 0 fully saturated rings. The van der Waals surface area contributed by atoms with Crippen LogP contribution in [0.3, 0.4) is 0 Å². The van der Waals surface area contributed by atoms with Crippen molar-refractivity contribution in [2.75, 3.05) is 0 Å². The van der Waals surface area contributed by atoms with E-state index in [4.69, 9.17) is 0 Å². The van der Waals surface area contributed by atoms with Crippen LogP contribution in [-0.4, -0.2) is 4.83 Å². The quantitative estimate of drug-likeness (QED) is 0.553. The number of allylic oxidation sites excluding steroid dienone is 2. The van der Waals surface area contributed by atoms with Gasteiger partial charge in [-0.2, -0.15) is 0 Å². The lowest BCUT2D eigenvalue weighted by atomic mass is 10.1. The first-order valence-corrected chi connectivity index (χ1v) is 5.46. The molecule has 1 aromatic carbocycles. The number of hydrogen-bond donors (Lipinski definition) is 0. The van der Waals surface area contributed by atoms with Gasteiger partial charge in [0.15, 0.2) is 0 Å². The van der Waals surface area contributed by atoms with Gasteiger partial charge in [-0.3, -0.25) is 0 Å². The van der Waals surface area contributed by atoms with Crippen LogP contribution in [0, 0.1) is 0 Å². The zero-order valence-electron chi connectivity index (χ0n) is 8.13. The third-order valence-corrected chi connectivity index (χ3v) is 2.85. The van der Waals surface area contributed by atoms with Gasteiger partial charge in [0, 0.05) is 4.83 Å². The molecule has 0 amide bonds. The fourth-order valence-corrected chi connectivity index (χ4v) is 1.24. The van der Waals surface area contributed by atoms with E-state index in [0.29, 0.717) is 4.83 Å². The summed E-state index contributed by atoms with van der Waals surface area (Å²) >= 11 is 3.55. The van der Waals surface area contributed by atoms with Crippen LogP contribution < -0.4 is 0 Å². The molecular weight excluding hydrogens is 224 g/mol. The Hall–Kier alpha value is -0.560. The van der Waals surface area contributed by atoms with Gasteiger partial charge in [-0.05, 0) is 25.8 Å². The van der Waals surface area contributed by atoms with Crippen molar-refractivity contribution in [3.8, 4) is 0 Å². The van der Waals surface area contributed by atoms with E-state index in [1.54, 1.807) is 0 Å². The third kappa shape index (κ3) is 3.77. The summed E-state index contributed by atoms with van der Waals surface area (Å²) in [6.07, 6.45) is 3.30. The van der Waals surface area contributed by atoms with E-state index in [-0.39, 0.29) is 0 Å². The minimum atomic E-state index is 0.483. The van der Waals surface area contributed by atoms with Crippen LogP contribution in [0.15, 0.2) is 42.0 Å². The SMILES string of the molecule is CC(=CCc1ccccc1)[C@@H](C)Br. The Bertz CT molecular complexity index is 272. The standard InChI is InChI=1S/C12H15Br/c1-10(11(2)13)8-9-12-6-4-3-5-7-12/h3-8,11H,9H2,1-2H3/t11-/m1/s1. The van der Waals surface area contributed by atoms with E-state index in [9.17, 15) is 0 Å². The molecule has 0 unspecified atom stereocenters. The zero-order valence-corrected chi connectivity index (χ0v) is 9.71. The zero-order chi connectivity index (χ0) is 9.68. The van der Waals surface area contributed by atoms with Gasteiger partial charge in [-0.15, -0.1) is 0 Å². The number of halogens is 1. The average molecular weight is 239 g/mol. The Labute approximate surface area is 88.8 Å². The van der Waals surface area contributed by atoms with Crippen LogP contribution in [-0.2, 0) is 6.42 Å². The highest BCUT2D eigenvalue weighted by molar-refractivity contribution is 9.09. The number of rotatable bonds is 3. The Morgan fingerprint density at radius 2 is 2.00 bits per heavy atom. The van der Waals surface area contributed by atoms with Gasteiger partial charge in [0.1, 0.15) is 0 Å². The highest BCUT2D eigenvalue weighted by Gasteiger charge is 1.96. The third-order valence-electron chi connectivity index (χ3n) is 2.13. The van der Waals surface area contributed by atoms with Crippen LogP contribution in [0.25, 0.3) is 0 Å². The predicted octanol–water partition coefficient (Wildman–Crippen LogP) is 3.96. The molecule has 0 saturated heterocycles. The van der Waals surface area contributed by atoms with Crippen LogP contribution in [0.4, 0.5) is 0 Å². The Balaban J connectivity index is 2.57. The summed E-state index contributed by atoms with van der Waals surface area (Å²) in [6, 6.07) is 10.5. The minimum Gasteiger partial charge on any atom is -0.0846 e. The van der Waals surface area contributed by atoms with E-state index in [0.717, 1.165) is 6.42 Å². The monoisotopic (exact) mass is 238 g/mol. The maximum atomic E-state index is 3.55. The molecule has 0 bridgehead atoms. The molecule has 0 heterocycles. The van der Waals surface area contributed by atoms with Crippen molar-refractivity contribution in [2.45, 2.75) is 25.1 Å². The van der Waals surface area contributed by atoms with Gasteiger partial charge >= 0.3 is 0 Å².